The zero-order valence-electron chi connectivity index (χ0n) is 6.52. The second-order valence-corrected chi connectivity index (χ2v) is 2.79. The van der Waals surface area contributed by atoms with Crippen LogP contribution in [-0.2, 0) is 9.16 Å². The third kappa shape index (κ3) is 31.4. The van der Waals surface area contributed by atoms with Crippen LogP contribution in [0.3, 0.4) is 0 Å². The van der Waals surface area contributed by atoms with Crippen molar-refractivity contribution in [1.29, 1.82) is 0 Å². The van der Waals surface area contributed by atoms with Crippen molar-refractivity contribution in [2.45, 2.75) is 0 Å². The maximum absolute atomic E-state index is 4.80. The quantitative estimate of drug-likeness (QED) is 0.370. The molecule has 0 atom stereocenters. The van der Waals surface area contributed by atoms with Crippen molar-refractivity contribution in [3.05, 3.63) is 12.3 Å². The first-order valence-corrected chi connectivity index (χ1v) is 4.85. The normalized spacial score (nSPS) is 8.11. The average molecular weight is 164 g/mol. The van der Waals surface area contributed by atoms with Gasteiger partial charge in [-0.1, -0.05) is 0 Å². The molecule has 56 valence electrons. The van der Waals surface area contributed by atoms with E-state index >= 15 is 0 Å². The monoisotopic (exact) mass is 164 g/mol. The highest BCUT2D eigenvalue weighted by atomic mass is 28.2. The van der Waals surface area contributed by atoms with Crippen molar-refractivity contribution in [1.82, 2.24) is 0 Å². The Morgan fingerprint density at radius 3 is 2.11 bits per heavy atom. The molecule has 0 N–H and O–H groups in total. The van der Waals surface area contributed by atoms with Crippen LogP contribution in [0, 0.1) is 0 Å². The highest BCUT2D eigenvalue weighted by molar-refractivity contribution is 6.16. The summed E-state index contributed by atoms with van der Waals surface area (Å²) < 4.78 is 9.48. The van der Waals surface area contributed by atoms with Gasteiger partial charge in [-0.05, 0) is 0 Å². The minimum atomic E-state index is 0.726. The fraction of sp³-hybridized carbons (Fsp3) is 0.600. The first kappa shape index (κ1) is 11.8. The molecule has 0 aromatic carbocycles. The summed E-state index contributed by atoms with van der Waals surface area (Å²) in [4.78, 5) is 0. The lowest BCUT2D eigenvalue weighted by atomic mass is 10.8. The molecule has 0 radical (unpaired) electrons. The Morgan fingerprint density at radius 2 is 2.00 bits per heavy atom. The van der Waals surface area contributed by atoms with Gasteiger partial charge in [-0.15, -0.1) is 12.3 Å². The van der Waals surface area contributed by atoms with E-state index in [4.69, 9.17) is 4.43 Å². The Balaban J connectivity index is 0. The van der Waals surface area contributed by atoms with Gasteiger partial charge in [-0.25, -0.2) is 0 Å². The largest absolute Gasteiger partial charge is 0.426 e. The molecule has 2 nitrogen and oxygen atoms in total. The van der Waals surface area contributed by atoms with Crippen LogP contribution in [-0.4, -0.2) is 41.1 Å². The molecule has 0 bridgehead atoms. The summed E-state index contributed by atoms with van der Waals surface area (Å²) >= 11 is 0. The molecule has 0 aromatic rings. The molecule has 0 heterocycles. The zero-order valence-corrected chi connectivity index (χ0v) is 10.5. The molecule has 9 heavy (non-hydrogen) atoms. The fourth-order valence-corrected chi connectivity index (χ4v) is 0.333. The average Bonchev–Trinajstić information content (AvgIpc) is 1.86. The second-order valence-electron chi connectivity index (χ2n) is 1.39. The van der Waals surface area contributed by atoms with Crippen molar-refractivity contribution < 1.29 is 9.16 Å². The lowest BCUT2D eigenvalue weighted by Gasteiger charge is -1.92. The molecule has 0 aromatic heterocycles. The van der Waals surface area contributed by atoms with Gasteiger partial charge in [0.15, 0.2) is 0 Å². The fourth-order valence-electron chi connectivity index (χ4n) is 0.167. The molecule has 0 aliphatic carbocycles. The highest BCUT2D eigenvalue weighted by Crippen LogP contribution is 1.64. The van der Waals surface area contributed by atoms with E-state index in [9.17, 15) is 0 Å². The van der Waals surface area contributed by atoms with Gasteiger partial charge in [0.2, 0.25) is 0 Å². The Labute approximate surface area is 63.2 Å². The van der Waals surface area contributed by atoms with E-state index in [1.807, 2.05) is 5.70 Å². The zero-order chi connectivity index (χ0) is 7.54. The van der Waals surface area contributed by atoms with Crippen molar-refractivity contribution in [2.75, 3.05) is 20.3 Å². The first-order valence-electron chi connectivity index (χ1n) is 2.88. The minimum absolute atomic E-state index is 0.726. The SMILES string of the molecule is C=C[SiH3].COCCO[SiH3]. The maximum atomic E-state index is 4.80. The molecule has 0 fully saturated rings. The van der Waals surface area contributed by atoms with E-state index in [2.05, 4.69) is 11.3 Å². The van der Waals surface area contributed by atoms with E-state index < -0.39 is 0 Å². The van der Waals surface area contributed by atoms with Crippen LogP contribution < -0.4 is 0 Å². The lowest BCUT2D eigenvalue weighted by Crippen LogP contribution is -1.97. The number of methoxy groups -OCH3 is 1. The maximum Gasteiger partial charge on any atom is 0.146 e. The van der Waals surface area contributed by atoms with Gasteiger partial charge in [-0.3, -0.25) is 0 Å². The van der Waals surface area contributed by atoms with Crippen LogP contribution in [0.4, 0.5) is 0 Å². The highest BCUT2D eigenvalue weighted by Gasteiger charge is 1.73. The Hall–Kier alpha value is 0.0938. The summed E-state index contributed by atoms with van der Waals surface area (Å²) in [6, 6.07) is 0. The predicted molar refractivity (Wildman–Crippen MR) is 47.9 cm³/mol. The van der Waals surface area contributed by atoms with Crippen LogP contribution in [0.15, 0.2) is 12.3 Å². The Bertz CT molecular complexity index is 46.2. The molecule has 0 saturated carbocycles. The molecule has 0 aliphatic heterocycles. The molecule has 0 aliphatic rings. The number of ether oxygens (including phenoxy) is 1. The summed E-state index contributed by atoms with van der Waals surface area (Å²) in [5.41, 5.74) is 1.89. The number of hydrogen-bond donors (Lipinski definition) is 0. The van der Waals surface area contributed by atoms with Crippen molar-refractivity contribution in [3.8, 4) is 0 Å². The summed E-state index contributed by atoms with van der Waals surface area (Å²) in [6.45, 7) is 4.90. The summed E-state index contributed by atoms with van der Waals surface area (Å²) in [6.07, 6.45) is 0. The van der Waals surface area contributed by atoms with E-state index in [1.165, 1.54) is 0 Å². The van der Waals surface area contributed by atoms with Crippen LogP contribution in [0.2, 0.25) is 0 Å². The molecule has 0 rings (SSSR count). The molecular weight excluding hydrogens is 148 g/mol. The van der Waals surface area contributed by atoms with Crippen LogP contribution in [0.25, 0.3) is 0 Å². The summed E-state index contributed by atoms with van der Waals surface area (Å²) in [5, 5.41) is 0. The minimum Gasteiger partial charge on any atom is -0.426 e. The molecular formula is C5H16O2Si2. The van der Waals surface area contributed by atoms with Gasteiger partial charge < -0.3 is 9.16 Å². The molecule has 0 saturated heterocycles. The standard InChI is InChI=1S/C3H10O2Si.C2H6Si/c1-4-2-3-5-6;1-2-3/h2-3H2,1,6H3;2H,1H2,3H3. The van der Waals surface area contributed by atoms with Crippen molar-refractivity contribution >= 4 is 20.7 Å². The van der Waals surface area contributed by atoms with Gasteiger partial charge in [-0.2, -0.15) is 0 Å². The first-order chi connectivity index (χ1) is 4.33. The van der Waals surface area contributed by atoms with Gasteiger partial charge >= 0.3 is 0 Å². The second kappa shape index (κ2) is 15.7. The molecule has 4 heteroatoms. The van der Waals surface area contributed by atoms with Gasteiger partial charge in [0.1, 0.15) is 10.5 Å². The third-order valence-corrected chi connectivity index (χ3v) is 0.900. The van der Waals surface area contributed by atoms with Crippen molar-refractivity contribution in [2.24, 2.45) is 0 Å². The molecule has 0 unspecified atom stereocenters. The van der Waals surface area contributed by atoms with Gasteiger partial charge in [0, 0.05) is 17.4 Å². The third-order valence-electron chi connectivity index (χ3n) is 0.492. The van der Waals surface area contributed by atoms with Crippen LogP contribution >= 0.6 is 0 Å². The lowest BCUT2D eigenvalue weighted by molar-refractivity contribution is 0.152. The number of hydrogen-bond acceptors (Lipinski definition) is 2. The predicted octanol–water partition coefficient (Wildman–Crippen LogP) is -1.57. The van der Waals surface area contributed by atoms with Crippen molar-refractivity contribution in [3.63, 3.8) is 0 Å². The Kier molecular flexibility index (Phi) is 20.6. The van der Waals surface area contributed by atoms with Gasteiger partial charge in [0.25, 0.3) is 0 Å². The van der Waals surface area contributed by atoms with E-state index in [0.29, 0.717) is 0 Å². The smallest absolute Gasteiger partial charge is 0.146 e. The molecule has 0 amide bonds. The van der Waals surface area contributed by atoms with E-state index in [1.54, 1.807) is 7.11 Å². The van der Waals surface area contributed by atoms with Crippen LogP contribution in [0.1, 0.15) is 0 Å². The van der Waals surface area contributed by atoms with Crippen LogP contribution in [0.5, 0.6) is 0 Å². The van der Waals surface area contributed by atoms with E-state index in [-0.39, 0.29) is 0 Å². The summed E-state index contributed by atoms with van der Waals surface area (Å²) in [5.74, 6) is 0. The van der Waals surface area contributed by atoms with Gasteiger partial charge in [0.05, 0.1) is 13.2 Å². The van der Waals surface area contributed by atoms with E-state index in [0.717, 1.165) is 33.9 Å². The topological polar surface area (TPSA) is 18.5 Å². The number of rotatable bonds is 3. The summed E-state index contributed by atoms with van der Waals surface area (Å²) in [7, 11) is 3.62. The Morgan fingerprint density at radius 1 is 1.56 bits per heavy atom. The molecule has 0 spiro atoms.